The van der Waals surface area contributed by atoms with Crippen LogP contribution in [0.1, 0.15) is 11.3 Å². The van der Waals surface area contributed by atoms with Crippen LogP contribution in [0.4, 0.5) is 19.0 Å². The van der Waals surface area contributed by atoms with Crippen LogP contribution in [-0.2, 0) is 12.7 Å². The van der Waals surface area contributed by atoms with Crippen LogP contribution in [-0.4, -0.2) is 22.2 Å². The molecule has 0 unspecified atom stereocenters. The average Bonchev–Trinajstić information content (AvgIpc) is 2.39. The van der Waals surface area contributed by atoms with Gasteiger partial charge in [0.05, 0.1) is 0 Å². The molecule has 0 aliphatic rings. The van der Waals surface area contributed by atoms with E-state index >= 15 is 0 Å². The van der Waals surface area contributed by atoms with Crippen molar-refractivity contribution in [2.75, 3.05) is 11.9 Å². The van der Waals surface area contributed by atoms with Crippen LogP contribution in [0.25, 0.3) is 0 Å². The maximum Gasteiger partial charge on any atom is 0.435 e. The predicted molar refractivity (Wildman–Crippen MR) is 63.4 cm³/mol. The summed E-state index contributed by atoms with van der Waals surface area (Å²) in [6.07, 6.45) is -1.15. The molecule has 0 aromatic carbocycles. The molecular weight excluding hydrogens is 257 g/mol. The van der Waals surface area contributed by atoms with Crippen molar-refractivity contribution >= 4 is 5.82 Å². The molecule has 19 heavy (non-hydrogen) atoms. The predicted octanol–water partition coefficient (Wildman–Crippen LogP) is 2.53. The van der Waals surface area contributed by atoms with Crippen LogP contribution < -0.4 is 4.90 Å². The number of hydrogen-bond acceptors (Lipinski definition) is 4. The van der Waals surface area contributed by atoms with Crippen molar-refractivity contribution in [2.45, 2.75) is 12.7 Å². The van der Waals surface area contributed by atoms with Crippen molar-refractivity contribution in [1.82, 2.24) is 15.2 Å². The summed E-state index contributed by atoms with van der Waals surface area (Å²) in [4.78, 5) is 5.60. The van der Waals surface area contributed by atoms with Gasteiger partial charge >= 0.3 is 6.18 Å². The first-order chi connectivity index (χ1) is 8.97. The lowest BCUT2D eigenvalue weighted by Gasteiger charge is -2.17. The lowest BCUT2D eigenvalue weighted by Crippen LogP contribution is -2.19. The third kappa shape index (κ3) is 3.40. The van der Waals surface area contributed by atoms with Gasteiger partial charge in [0, 0.05) is 26.0 Å². The summed E-state index contributed by atoms with van der Waals surface area (Å²) in [5, 5.41) is 6.77. The maximum absolute atomic E-state index is 12.3. The molecule has 100 valence electrons. The molecule has 0 N–H and O–H groups in total. The second-order valence-electron chi connectivity index (χ2n) is 3.99. The average molecular weight is 268 g/mol. The smallest absolute Gasteiger partial charge is 0.354 e. The minimum Gasteiger partial charge on any atom is -0.354 e. The van der Waals surface area contributed by atoms with E-state index in [9.17, 15) is 13.2 Å². The summed E-state index contributed by atoms with van der Waals surface area (Å²) in [5.74, 6) is 0.379. The summed E-state index contributed by atoms with van der Waals surface area (Å²) in [5.41, 5.74) is -0.00670. The van der Waals surface area contributed by atoms with E-state index in [1.807, 2.05) is 12.1 Å². The molecular formula is C12H11F3N4. The quantitative estimate of drug-likeness (QED) is 0.857. The highest BCUT2D eigenvalue weighted by Crippen LogP contribution is 2.27. The summed E-state index contributed by atoms with van der Waals surface area (Å²) in [7, 11) is 1.73. The van der Waals surface area contributed by atoms with E-state index in [1.54, 1.807) is 24.3 Å². The van der Waals surface area contributed by atoms with Gasteiger partial charge < -0.3 is 4.90 Å². The number of pyridine rings is 1. The van der Waals surface area contributed by atoms with Gasteiger partial charge in [0.25, 0.3) is 0 Å². The number of hydrogen-bond donors (Lipinski definition) is 0. The van der Waals surface area contributed by atoms with Gasteiger partial charge in [-0.1, -0.05) is 0 Å². The highest BCUT2D eigenvalue weighted by molar-refractivity contribution is 5.37. The van der Waals surface area contributed by atoms with E-state index in [1.165, 1.54) is 6.07 Å². The molecule has 0 aliphatic heterocycles. The molecule has 2 rings (SSSR count). The first-order valence-electron chi connectivity index (χ1n) is 5.48. The Morgan fingerprint density at radius 3 is 2.26 bits per heavy atom. The lowest BCUT2D eigenvalue weighted by molar-refractivity contribution is -0.141. The Morgan fingerprint density at radius 1 is 1.05 bits per heavy atom. The molecule has 4 nitrogen and oxygen atoms in total. The number of halogens is 3. The molecule has 0 bridgehead atoms. The Balaban J connectivity index is 2.10. The Labute approximate surface area is 107 Å². The Hall–Kier alpha value is -2.18. The molecule has 0 radical (unpaired) electrons. The highest BCUT2D eigenvalue weighted by Gasteiger charge is 2.32. The van der Waals surface area contributed by atoms with E-state index in [0.29, 0.717) is 12.4 Å². The van der Waals surface area contributed by atoms with Crippen LogP contribution in [0.3, 0.4) is 0 Å². The number of aromatic nitrogens is 3. The van der Waals surface area contributed by atoms with Crippen LogP contribution >= 0.6 is 0 Å². The number of rotatable bonds is 3. The van der Waals surface area contributed by atoms with E-state index in [4.69, 9.17) is 0 Å². The van der Waals surface area contributed by atoms with Gasteiger partial charge in [-0.25, -0.2) is 0 Å². The van der Waals surface area contributed by atoms with Gasteiger partial charge in [-0.15, -0.1) is 10.2 Å². The molecule has 2 aromatic rings. The van der Waals surface area contributed by atoms with Gasteiger partial charge in [0.2, 0.25) is 0 Å². The highest BCUT2D eigenvalue weighted by atomic mass is 19.4. The second kappa shape index (κ2) is 5.21. The summed E-state index contributed by atoms with van der Waals surface area (Å²) < 4.78 is 37.0. The van der Waals surface area contributed by atoms with Crippen LogP contribution in [0.2, 0.25) is 0 Å². The molecule has 2 aromatic heterocycles. The van der Waals surface area contributed by atoms with Crippen LogP contribution in [0, 0.1) is 0 Å². The molecule has 7 heteroatoms. The Morgan fingerprint density at radius 2 is 1.74 bits per heavy atom. The van der Waals surface area contributed by atoms with Crippen molar-refractivity contribution in [1.29, 1.82) is 0 Å². The molecule has 0 aliphatic carbocycles. The van der Waals surface area contributed by atoms with E-state index in [-0.39, 0.29) is 0 Å². The fraction of sp³-hybridized carbons (Fsp3) is 0.250. The van der Waals surface area contributed by atoms with Gasteiger partial charge in [0.15, 0.2) is 11.5 Å². The van der Waals surface area contributed by atoms with Crippen molar-refractivity contribution in [3.63, 3.8) is 0 Å². The van der Waals surface area contributed by atoms with E-state index in [0.717, 1.165) is 11.6 Å². The zero-order valence-electron chi connectivity index (χ0n) is 10.1. The third-order valence-electron chi connectivity index (χ3n) is 2.50. The minimum atomic E-state index is -4.46. The summed E-state index contributed by atoms with van der Waals surface area (Å²) >= 11 is 0. The zero-order valence-corrected chi connectivity index (χ0v) is 10.1. The molecule has 0 spiro atoms. The molecule has 0 saturated heterocycles. The van der Waals surface area contributed by atoms with Gasteiger partial charge in [-0.3, -0.25) is 4.98 Å². The third-order valence-corrected chi connectivity index (χ3v) is 2.50. The van der Waals surface area contributed by atoms with Crippen molar-refractivity contribution in [3.05, 3.63) is 47.9 Å². The normalized spacial score (nSPS) is 11.4. The molecule has 2 heterocycles. The Bertz CT molecular complexity index is 525. The zero-order chi connectivity index (χ0) is 13.9. The van der Waals surface area contributed by atoms with E-state index < -0.39 is 11.9 Å². The minimum absolute atomic E-state index is 0.379. The van der Waals surface area contributed by atoms with Gasteiger partial charge in [-0.2, -0.15) is 13.2 Å². The molecule has 0 fully saturated rings. The van der Waals surface area contributed by atoms with Crippen molar-refractivity contribution in [3.8, 4) is 0 Å². The largest absolute Gasteiger partial charge is 0.435 e. The van der Waals surface area contributed by atoms with E-state index in [2.05, 4.69) is 15.2 Å². The molecule has 0 amide bonds. The Kier molecular flexibility index (Phi) is 3.64. The summed E-state index contributed by atoms with van der Waals surface area (Å²) in [6.45, 7) is 0.516. The molecule has 0 saturated carbocycles. The SMILES string of the molecule is CN(Cc1ccncc1)c1ccc(C(F)(F)F)nn1. The van der Waals surface area contributed by atoms with Crippen LogP contribution in [0.15, 0.2) is 36.7 Å². The summed E-state index contributed by atoms with van der Waals surface area (Å²) in [6, 6.07) is 5.88. The standard InChI is InChI=1S/C12H11F3N4/c1-19(8-9-4-6-16-7-5-9)11-3-2-10(17-18-11)12(13,14)15/h2-7H,8H2,1H3. The van der Waals surface area contributed by atoms with Gasteiger partial charge in [-0.05, 0) is 29.8 Å². The monoisotopic (exact) mass is 268 g/mol. The number of alkyl halides is 3. The van der Waals surface area contributed by atoms with Crippen molar-refractivity contribution in [2.24, 2.45) is 0 Å². The fourth-order valence-corrected chi connectivity index (χ4v) is 1.52. The first kappa shape index (κ1) is 13.3. The number of nitrogens with zero attached hydrogens (tertiary/aromatic N) is 4. The maximum atomic E-state index is 12.3. The first-order valence-corrected chi connectivity index (χ1v) is 5.48. The molecule has 0 atom stereocenters. The van der Waals surface area contributed by atoms with Crippen LogP contribution in [0.5, 0.6) is 0 Å². The van der Waals surface area contributed by atoms with Crippen molar-refractivity contribution < 1.29 is 13.2 Å². The second-order valence-corrected chi connectivity index (χ2v) is 3.99. The fourth-order valence-electron chi connectivity index (χ4n) is 1.52. The number of anilines is 1. The lowest BCUT2D eigenvalue weighted by atomic mass is 10.2. The van der Waals surface area contributed by atoms with Gasteiger partial charge in [0.1, 0.15) is 0 Å². The topological polar surface area (TPSA) is 41.9 Å².